The monoisotopic (exact) mass is 476 g/mol. The Morgan fingerprint density at radius 2 is 1.94 bits per heavy atom. The zero-order chi connectivity index (χ0) is 24.6. The summed E-state index contributed by atoms with van der Waals surface area (Å²) < 4.78 is 1.93. The number of anilines is 1. The summed E-state index contributed by atoms with van der Waals surface area (Å²) in [5.74, 6) is 0.798. The van der Waals surface area contributed by atoms with Crippen LogP contribution in [0.2, 0.25) is 0 Å². The van der Waals surface area contributed by atoms with Crippen molar-refractivity contribution in [2.75, 3.05) is 5.32 Å². The van der Waals surface area contributed by atoms with Gasteiger partial charge in [-0.25, -0.2) is 9.97 Å². The van der Waals surface area contributed by atoms with Gasteiger partial charge in [0.15, 0.2) is 0 Å². The number of H-pyrrole nitrogens is 2. The quantitative estimate of drug-likeness (QED) is 0.297. The number of nitrogens with one attached hydrogen (secondary N) is 3. The van der Waals surface area contributed by atoms with E-state index >= 15 is 0 Å². The van der Waals surface area contributed by atoms with Crippen molar-refractivity contribution in [3.05, 3.63) is 73.2 Å². The molecule has 36 heavy (non-hydrogen) atoms. The highest BCUT2D eigenvalue weighted by molar-refractivity contribution is 5.99. The van der Waals surface area contributed by atoms with E-state index in [1.54, 1.807) is 24.9 Å². The smallest absolute Gasteiger partial charge is 0.224 e. The minimum atomic E-state index is -0.0115. The van der Waals surface area contributed by atoms with Gasteiger partial charge in [-0.05, 0) is 49.2 Å². The maximum Gasteiger partial charge on any atom is 0.224 e. The molecular weight excluding hydrogens is 452 g/mol. The molecule has 0 fully saturated rings. The van der Waals surface area contributed by atoms with Gasteiger partial charge in [0.05, 0.1) is 34.3 Å². The van der Waals surface area contributed by atoms with Gasteiger partial charge in [0.1, 0.15) is 17.8 Å². The Morgan fingerprint density at radius 1 is 1.03 bits per heavy atom. The number of fused-ring (bicyclic) bond motifs is 2. The molecule has 0 atom stereocenters. The number of carbonyl (C=O) groups is 1. The molecule has 0 bridgehead atoms. The number of aromatic amines is 2. The number of benzene rings is 1. The fourth-order valence-electron chi connectivity index (χ4n) is 4.42. The first-order valence-corrected chi connectivity index (χ1v) is 11.8. The molecule has 0 aliphatic carbocycles. The molecule has 9 heteroatoms. The third-order valence-corrected chi connectivity index (χ3v) is 6.13. The molecule has 0 spiro atoms. The average molecular weight is 477 g/mol. The molecule has 6 aromatic rings. The van der Waals surface area contributed by atoms with Crippen molar-refractivity contribution in [1.82, 2.24) is 34.7 Å². The van der Waals surface area contributed by atoms with Crippen molar-refractivity contribution in [3.8, 4) is 28.3 Å². The summed E-state index contributed by atoms with van der Waals surface area (Å²) in [6.45, 7) is 3.94. The molecule has 3 N–H and O–H groups in total. The number of hydrogen-bond acceptors (Lipinski definition) is 5. The molecule has 0 aliphatic rings. The Labute approximate surface area is 206 Å². The van der Waals surface area contributed by atoms with Crippen molar-refractivity contribution in [3.63, 3.8) is 0 Å². The lowest BCUT2D eigenvalue weighted by molar-refractivity contribution is -0.116. The minimum absolute atomic E-state index is 0.0115. The second kappa shape index (κ2) is 8.77. The standard InChI is InChI=1S/C27H24N8O/c1-3-4-25(36)31-19-9-18(12-28-13-19)17-5-6-23-20(10-17)26(34-33-23)24-11-21-22(32-24)7-8-29-27(21)35-14-16(2)30-15-35/h5-15,32H,3-4H2,1-2H3,(H,31,36)(H,33,34). The van der Waals surface area contributed by atoms with E-state index in [1.807, 2.05) is 48.9 Å². The number of imidazole rings is 1. The second-order valence-electron chi connectivity index (χ2n) is 8.79. The Hall–Kier alpha value is -4.79. The minimum Gasteiger partial charge on any atom is -0.353 e. The van der Waals surface area contributed by atoms with E-state index < -0.39 is 0 Å². The number of aromatic nitrogens is 7. The van der Waals surface area contributed by atoms with Gasteiger partial charge in [0.2, 0.25) is 5.91 Å². The SMILES string of the molecule is CCCC(=O)Nc1cncc(-c2ccc3[nH]nc(-c4cc5c(-n6cnc(C)c6)nccc5[nH]4)c3c2)c1. The van der Waals surface area contributed by atoms with E-state index in [4.69, 9.17) is 0 Å². The van der Waals surface area contributed by atoms with Gasteiger partial charge in [-0.15, -0.1) is 0 Å². The van der Waals surface area contributed by atoms with Crippen molar-refractivity contribution in [2.24, 2.45) is 0 Å². The highest BCUT2D eigenvalue weighted by Crippen LogP contribution is 2.33. The largest absolute Gasteiger partial charge is 0.353 e. The number of hydrogen-bond donors (Lipinski definition) is 3. The molecule has 0 saturated heterocycles. The zero-order valence-electron chi connectivity index (χ0n) is 19.9. The van der Waals surface area contributed by atoms with Crippen LogP contribution in [0.15, 0.2) is 67.5 Å². The Morgan fingerprint density at radius 3 is 2.78 bits per heavy atom. The van der Waals surface area contributed by atoms with Gasteiger partial charge in [-0.2, -0.15) is 5.10 Å². The second-order valence-corrected chi connectivity index (χ2v) is 8.79. The van der Waals surface area contributed by atoms with Crippen LogP contribution >= 0.6 is 0 Å². The van der Waals surface area contributed by atoms with Crippen LogP contribution in [0.3, 0.4) is 0 Å². The fraction of sp³-hybridized carbons (Fsp3) is 0.148. The van der Waals surface area contributed by atoms with E-state index in [9.17, 15) is 4.79 Å². The first kappa shape index (κ1) is 21.7. The van der Waals surface area contributed by atoms with Crippen molar-refractivity contribution in [2.45, 2.75) is 26.7 Å². The Bertz CT molecular complexity index is 1720. The van der Waals surface area contributed by atoms with Crippen LogP contribution in [0.25, 0.3) is 50.1 Å². The van der Waals surface area contributed by atoms with Crippen LogP contribution in [0.4, 0.5) is 5.69 Å². The first-order valence-electron chi connectivity index (χ1n) is 11.8. The highest BCUT2D eigenvalue weighted by Gasteiger charge is 2.15. The maximum atomic E-state index is 12.0. The molecule has 0 radical (unpaired) electrons. The van der Waals surface area contributed by atoms with E-state index in [1.165, 1.54) is 0 Å². The molecular formula is C27H24N8O. The van der Waals surface area contributed by atoms with Crippen LogP contribution in [-0.4, -0.2) is 40.6 Å². The molecule has 0 unspecified atom stereocenters. The first-order chi connectivity index (χ1) is 17.6. The summed E-state index contributed by atoms with van der Waals surface area (Å²) in [5, 5.41) is 12.6. The predicted octanol–water partition coefficient (Wildman–Crippen LogP) is 5.40. The molecule has 178 valence electrons. The van der Waals surface area contributed by atoms with Crippen LogP contribution in [-0.2, 0) is 4.79 Å². The maximum absolute atomic E-state index is 12.0. The lowest BCUT2D eigenvalue weighted by Gasteiger charge is -2.07. The molecule has 1 aromatic carbocycles. The average Bonchev–Trinajstić information content (AvgIpc) is 3.61. The lowest BCUT2D eigenvalue weighted by atomic mass is 10.0. The van der Waals surface area contributed by atoms with Crippen LogP contribution in [0.5, 0.6) is 0 Å². The van der Waals surface area contributed by atoms with Crippen molar-refractivity contribution < 1.29 is 4.79 Å². The molecule has 0 saturated carbocycles. The molecule has 5 heterocycles. The van der Waals surface area contributed by atoms with E-state index in [2.05, 4.69) is 47.6 Å². The molecule has 1 amide bonds. The van der Waals surface area contributed by atoms with Crippen LogP contribution in [0, 0.1) is 6.92 Å². The summed E-state index contributed by atoms with van der Waals surface area (Å²) in [6, 6.07) is 12.1. The summed E-state index contributed by atoms with van der Waals surface area (Å²) in [4.78, 5) is 28.8. The van der Waals surface area contributed by atoms with Gasteiger partial charge < -0.3 is 10.3 Å². The number of rotatable bonds is 6. The number of aryl methyl sites for hydroxylation is 1. The number of amides is 1. The number of nitrogens with zero attached hydrogens (tertiary/aromatic N) is 5. The third-order valence-electron chi connectivity index (χ3n) is 6.13. The van der Waals surface area contributed by atoms with Crippen molar-refractivity contribution in [1.29, 1.82) is 0 Å². The summed E-state index contributed by atoms with van der Waals surface area (Å²) in [5.41, 5.74) is 7.11. The molecule has 6 rings (SSSR count). The Balaban J connectivity index is 1.40. The predicted molar refractivity (Wildman–Crippen MR) is 140 cm³/mol. The van der Waals surface area contributed by atoms with Gasteiger partial charge in [0.25, 0.3) is 0 Å². The third kappa shape index (κ3) is 3.90. The van der Waals surface area contributed by atoms with E-state index in [0.29, 0.717) is 12.1 Å². The fourth-order valence-corrected chi connectivity index (χ4v) is 4.42. The number of pyridine rings is 2. The molecule has 9 nitrogen and oxygen atoms in total. The molecule has 0 aliphatic heterocycles. The summed E-state index contributed by atoms with van der Waals surface area (Å²) in [6.07, 6.45) is 10.3. The van der Waals surface area contributed by atoms with Crippen LogP contribution in [0.1, 0.15) is 25.5 Å². The van der Waals surface area contributed by atoms with Gasteiger partial charge >= 0.3 is 0 Å². The normalized spacial score (nSPS) is 11.4. The lowest BCUT2D eigenvalue weighted by Crippen LogP contribution is -2.10. The van der Waals surface area contributed by atoms with E-state index in [-0.39, 0.29) is 5.91 Å². The highest BCUT2D eigenvalue weighted by atomic mass is 16.1. The summed E-state index contributed by atoms with van der Waals surface area (Å²) >= 11 is 0. The molecule has 5 aromatic heterocycles. The number of carbonyl (C=O) groups excluding carboxylic acids is 1. The van der Waals surface area contributed by atoms with E-state index in [0.717, 1.165) is 62.3 Å². The van der Waals surface area contributed by atoms with Crippen molar-refractivity contribution >= 4 is 33.4 Å². The Kier molecular flexibility index (Phi) is 5.29. The van der Waals surface area contributed by atoms with Gasteiger partial charge in [-0.3, -0.25) is 19.4 Å². The summed E-state index contributed by atoms with van der Waals surface area (Å²) in [7, 11) is 0. The zero-order valence-corrected chi connectivity index (χ0v) is 19.9. The van der Waals surface area contributed by atoms with Gasteiger partial charge in [-0.1, -0.05) is 13.0 Å². The van der Waals surface area contributed by atoms with Crippen LogP contribution < -0.4 is 5.32 Å². The topological polar surface area (TPSA) is 117 Å². The van der Waals surface area contributed by atoms with Gasteiger partial charge in [0, 0.05) is 41.3 Å².